The normalized spacial score (nSPS) is 15.4. The third-order valence-electron chi connectivity index (χ3n) is 24.6. The number of likely N-dealkylation sites (N-methyl/N-ethyl adjacent to an activating group) is 2. The van der Waals surface area contributed by atoms with Gasteiger partial charge >= 0.3 is 5.97 Å². The molecule has 0 aliphatic carbocycles. The highest BCUT2D eigenvalue weighted by atomic mass is 32.1. The molecule has 2 aliphatic rings. The van der Waals surface area contributed by atoms with Gasteiger partial charge in [0.1, 0.15) is 57.2 Å². The molecule has 6 atom stereocenters. The number of carbonyl (C=O) groups is 8. The van der Waals surface area contributed by atoms with Crippen molar-refractivity contribution < 1.29 is 91.6 Å². The Morgan fingerprint density at radius 3 is 1.23 bits per heavy atom. The second-order valence-corrected chi connectivity index (χ2v) is 38.8. The van der Waals surface area contributed by atoms with E-state index in [9.17, 15) is 48.6 Å². The van der Waals surface area contributed by atoms with Gasteiger partial charge in [-0.25, -0.2) is 14.8 Å². The fraction of sp³-hybridized carbons (Fsp3) is 0.416. The number of Topliss-reactive ketones (excluding diaryl/α,β-unsaturated/α-hetero) is 3. The van der Waals surface area contributed by atoms with Gasteiger partial charge in [-0.15, -0.1) is 22.7 Å². The molecule has 0 saturated carbocycles. The highest BCUT2D eigenvalue weighted by Gasteiger charge is 2.46. The fourth-order valence-electron chi connectivity index (χ4n) is 16.8. The van der Waals surface area contributed by atoms with E-state index < -0.39 is 59.5 Å². The Labute approximate surface area is 838 Å². The molecule has 0 spiro atoms. The minimum absolute atomic E-state index is 0.0132. The number of aryl methyl sites for hydroxylation is 3. The summed E-state index contributed by atoms with van der Waals surface area (Å²) in [5, 5.41) is 35.6. The number of ketones is 3. The summed E-state index contributed by atoms with van der Waals surface area (Å²) in [6.07, 6.45) is 1.12. The first-order chi connectivity index (χ1) is 67.9. The van der Waals surface area contributed by atoms with Crippen LogP contribution in [0.25, 0.3) is 43.2 Å². The number of aliphatic hydroxyl groups excluding tert-OH is 2. The van der Waals surface area contributed by atoms with Crippen LogP contribution in [-0.4, -0.2) is 244 Å². The predicted molar refractivity (Wildman–Crippen MR) is 553 cm³/mol. The zero-order valence-corrected chi connectivity index (χ0v) is 85.1. The number of nitrogens with zero attached hydrogens (tertiary/aromatic N) is 5. The summed E-state index contributed by atoms with van der Waals surface area (Å²) in [5.41, 5.74) is 20.7. The van der Waals surface area contributed by atoms with Gasteiger partial charge in [-0.1, -0.05) is 250 Å². The lowest BCUT2D eigenvalue weighted by molar-refractivity contribution is -0.147. The third-order valence-corrected chi connectivity index (χ3v) is 26.5. The van der Waals surface area contributed by atoms with Crippen molar-refractivity contribution in [2.45, 2.75) is 151 Å². The lowest BCUT2D eigenvalue weighted by Gasteiger charge is -2.34. The number of β-amino-alcohol motifs (C(OH)–C–C–N with tert-alkyl or cyclic N) is 2. The van der Waals surface area contributed by atoms with E-state index in [0.717, 1.165) is 79.7 Å². The highest BCUT2D eigenvalue weighted by Crippen LogP contribution is 2.41. The highest BCUT2D eigenvalue weighted by molar-refractivity contribution is 7.13. The van der Waals surface area contributed by atoms with Gasteiger partial charge in [0.25, 0.3) is 0 Å². The Kier molecular flexibility index (Phi) is 45.1. The molecule has 5 N–H and O–H groups in total. The van der Waals surface area contributed by atoms with Gasteiger partial charge in [0.2, 0.25) is 23.6 Å². The number of carboxylic acids is 1. The Bertz CT molecular complexity index is 5630. The van der Waals surface area contributed by atoms with Crippen molar-refractivity contribution in [2.24, 2.45) is 22.7 Å². The summed E-state index contributed by atoms with van der Waals surface area (Å²) < 4.78 is 44.1. The van der Waals surface area contributed by atoms with E-state index in [4.69, 9.17) is 43.0 Å². The molecule has 2 fully saturated rings. The molecule has 26 nitrogen and oxygen atoms in total. The number of nitrogens with one attached hydrogen (secondary N) is 2. The first-order valence-electron chi connectivity index (χ1n) is 48.4. The number of aliphatic carboxylic acids is 1. The molecular weight excluding hydrogens is 1820 g/mol. The van der Waals surface area contributed by atoms with Gasteiger partial charge < -0.3 is 78.5 Å². The number of hydrogen-bond donors (Lipinski definition) is 5. The van der Waals surface area contributed by atoms with Gasteiger partial charge in [0.05, 0.1) is 110 Å². The summed E-state index contributed by atoms with van der Waals surface area (Å²) in [7, 11) is 3.64. The molecule has 4 amide bonds. The molecule has 8 aromatic carbocycles. The Morgan fingerprint density at radius 2 is 0.837 bits per heavy atom. The van der Waals surface area contributed by atoms with Crippen molar-refractivity contribution in [3.63, 3.8) is 0 Å². The zero-order chi connectivity index (χ0) is 101. The maximum Gasteiger partial charge on any atom is 0.329 e. The third kappa shape index (κ3) is 35.0. The van der Waals surface area contributed by atoms with E-state index in [0.29, 0.717) is 31.9 Å². The Balaban J connectivity index is 0.000000243. The van der Waals surface area contributed by atoms with Crippen LogP contribution in [0.4, 0.5) is 0 Å². The maximum absolute atomic E-state index is 14.0. The van der Waals surface area contributed by atoms with Crippen molar-refractivity contribution in [2.75, 3.05) is 133 Å². The second kappa shape index (κ2) is 57.3. The number of thiazole rings is 2. The second-order valence-electron chi connectivity index (χ2n) is 37.1. The quantitative estimate of drug-likeness (QED) is 0.0175. The average Bonchev–Trinajstić information content (AvgIpc) is 1.76. The van der Waals surface area contributed by atoms with Gasteiger partial charge in [-0.2, -0.15) is 0 Å². The van der Waals surface area contributed by atoms with Crippen LogP contribution in [0.15, 0.2) is 229 Å². The number of benzene rings is 8. The molecule has 4 heterocycles. The lowest BCUT2D eigenvalue weighted by atomic mass is 9.76. The van der Waals surface area contributed by atoms with Gasteiger partial charge in [-0.05, 0) is 153 Å². The number of allylic oxidation sites excluding steroid dienone is 2. The molecule has 2 aromatic heterocycles. The molecule has 0 bridgehead atoms. The lowest BCUT2D eigenvalue weighted by Crippen LogP contribution is -2.50. The minimum atomic E-state index is -1.05. The summed E-state index contributed by atoms with van der Waals surface area (Å²) in [6, 6.07) is 73.1. The number of ether oxygens (including phenoxy) is 8. The van der Waals surface area contributed by atoms with Crippen LogP contribution < -0.4 is 20.1 Å². The van der Waals surface area contributed by atoms with Crippen LogP contribution >= 0.6 is 22.7 Å². The number of aromatic nitrogens is 2. The van der Waals surface area contributed by atoms with E-state index in [1.807, 2.05) is 146 Å². The molecular formula is C113H139N7O19S2. The molecule has 2 saturated heterocycles. The Morgan fingerprint density at radius 1 is 0.461 bits per heavy atom. The number of aliphatic hydroxyl groups is 2. The molecule has 752 valence electrons. The Hall–Kier alpha value is -11.9. The topological polar surface area (TPSA) is 331 Å². The van der Waals surface area contributed by atoms with E-state index in [2.05, 4.69) is 180 Å². The van der Waals surface area contributed by atoms with Crippen LogP contribution in [-0.2, 0) is 79.7 Å². The number of carbonyl (C=O) groups excluding carboxylic acids is 7. The van der Waals surface area contributed by atoms with Crippen LogP contribution in [0.5, 0.6) is 11.5 Å². The molecule has 12 rings (SSSR count). The SMILES string of the molecule is CC/C(=C(\c1ccccc1)c1ccc(OCCN(C)C(=O)COCCOCCOCC(=O)C[C@H](C(=O)N2C[C@H](O)C[C@H]2C(=O)NCc2ccc(-c3scnc3C)cc2)C(C)(C)C)cc1)c1ccccc1.CC/C(=C(\c1ccccc1)c1ccc(OCCNC)cc1)c1ccccc1.Cc1ncsc1-c1ccc(CCC(=O)[C@@H]2C[C@@H](O)CN2C(=O)[C@@H](CC(=O)COCCOCCOCC(=O)O)C(C)(C)C)cc1. The number of rotatable bonds is 51. The monoisotopic (exact) mass is 1960 g/mol. The summed E-state index contributed by atoms with van der Waals surface area (Å²) in [5.74, 6) is -2.66. The summed E-state index contributed by atoms with van der Waals surface area (Å²) in [4.78, 5) is 119. The van der Waals surface area contributed by atoms with Gasteiger partial charge in [-0.3, -0.25) is 33.6 Å². The van der Waals surface area contributed by atoms with Crippen LogP contribution in [0.1, 0.15) is 156 Å². The fourth-order valence-corrected chi connectivity index (χ4v) is 18.5. The molecule has 0 unspecified atom stereocenters. The van der Waals surface area contributed by atoms with Gasteiger partial charge in [0.15, 0.2) is 17.3 Å². The summed E-state index contributed by atoms with van der Waals surface area (Å²) >= 11 is 3.16. The number of hydrogen-bond acceptors (Lipinski definition) is 23. The number of carboxylic acid groups (broad SMARTS) is 1. The number of amides is 4. The first-order valence-corrected chi connectivity index (χ1v) is 50.2. The van der Waals surface area contributed by atoms with Crippen molar-refractivity contribution >= 4 is 91.9 Å². The van der Waals surface area contributed by atoms with E-state index in [-0.39, 0.29) is 165 Å². The standard InChI is InChI=1S/C56H68N4O9S.C32H44N2O9S.C25H27NO/c1-7-48(41-14-10-8-11-15-41)52(42-16-12-9-13-17-42)43-22-24-47(25-23-43)69-27-26-59(6)51(63)37-68-31-29-66-28-30-67-36-46(62)32-49(56(3,4)5)55(65)60-35-45(61)33-50(60)54(64)57-34-40-18-20-44(21-19-40)53-39(2)58-38-70-53;1-21-30(44-20-33-21)23-8-5-22(6-9-23)7-10-28(37)27-16-24(35)17-34(27)31(40)26(32(2,3)4)15-25(36)18-42-13-11-41-12-14-43-19-29(38)39;1-3-24(20-10-6-4-7-11-20)25(21-12-8-5-9-13-21)22-14-16-23(17-15-22)27-19-18-26-2/h8-25,38,45,49-50,61H,7,26-37H2,1-6H3,(H,57,64);5-6,8-9,20,24,26-27,35H,7,10-19H2,1-4H3,(H,38,39);4-17,26H,3,18-19H2,1-2H3/b52-48-;;25-24-/t45-,49-,50+;24-,26-,27+;/m11./s1. The predicted octanol–water partition coefficient (Wildman–Crippen LogP) is 17.3. The minimum Gasteiger partial charge on any atom is -0.492 e. The first kappa shape index (κ1) is 111. The average molecular weight is 1960 g/mol. The molecule has 28 heteroatoms. The van der Waals surface area contributed by atoms with E-state index in [1.54, 1.807) is 34.6 Å². The molecule has 10 aromatic rings. The van der Waals surface area contributed by atoms with Crippen molar-refractivity contribution in [3.8, 4) is 32.4 Å². The van der Waals surface area contributed by atoms with Crippen molar-refractivity contribution in [1.82, 2.24) is 35.3 Å². The zero-order valence-electron chi connectivity index (χ0n) is 83.4. The van der Waals surface area contributed by atoms with E-state index in [1.165, 1.54) is 54.3 Å². The van der Waals surface area contributed by atoms with Crippen LogP contribution in [0, 0.1) is 36.5 Å². The van der Waals surface area contributed by atoms with Crippen LogP contribution in [0.3, 0.4) is 0 Å². The number of likely N-dealkylation sites (tertiary alicyclic amines) is 2. The molecule has 2 aliphatic heterocycles. The van der Waals surface area contributed by atoms with E-state index >= 15 is 0 Å². The van der Waals surface area contributed by atoms with Crippen molar-refractivity contribution in [1.29, 1.82) is 0 Å². The van der Waals surface area contributed by atoms with Crippen molar-refractivity contribution in [3.05, 3.63) is 285 Å². The van der Waals surface area contributed by atoms with Gasteiger partial charge in [0, 0.05) is 77.2 Å². The maximum atomic E-state index is 14.0. The smallest absolute Gasteiger partial charge is 0.329 e. The summed E-state index contributed by atoms with van der Waals surface area (Å²) in [6.45, 7) is 22.8. The van der Waals surface area contributed by atoms with Crippen LogP contribution in [0.2, 0.25) is 0 Å². The largest absolute Gasteiger partial charge is 0.492 e. The molecule has 0 radical (unpaired) electrons. The molecule has 141 heavy (non-hydrogen) atoms.